The van der Waals surface area contributed by atoms with Crippen molar-refractivity contribution in [3.63, 3.8) is 0 Å². The zero-order chi connectivity index (χ0) is 8.32. The predicted molar refractivity (Wildman–Crippen MR) is 43.5 cm³/mol. The molecule has 0 bridgehead atoms. The fourth-order valence-corrected chi connectivity index (χ4v) is 1.49. The Labute approximate surface area is 67.7 Å². The highest BCUT2D eigenvalue weighted by molar-refractivity contribution is 4.93. The lowest BCUT2D eigenvalue weighted by Crippen LogP contribution is -2.42. The third-order valence-electron chi connectivity index (χ3n) is 2.20. The Balaban J connectivity index is 2.32. The van der Waals surface area contributed by atoms with E-state index in [1.54, 1.807) is 0 Å². The second-order valence-corrected chi connectivity index (χ2v) is 3.52. The van der Waals surface area contributed by atoms with Gasteiger partial charge in [0.25, 0.3) is 0 Å². The third-order valence-corrected chi connectivity index (χ3v) is 2.20. The SMILES string of the molecule is CC1(C)NCCC1OCCO. The number of nitrogens with one attached hydrogen (secondary N) is 1. The summed E-state index contributed by atoms with van der Waals surface area (Å²) in [7, 11) is 0. The summed E-state index contributed by atoms with van der Waals surface area (Å²) in [4.78, 5) is 0. The number of rotatable bonds is 3. The van der Waals surface area contributed by atoms with Gasteiger partial charge in [-0.25, -0.2) is 0 Å². The van der Waals surface area contributed by atoms with Crippen LogP contribution in [0.3, 0.4) is 0 Å². The molecule has 1 heterocycles. The van der Waals surface area contributed by atoms with Crippen molar-refractivity contribution in [3.8, 4) is 0 Å². The van der Waals surface area contributed by atoms with Crippen molar-refractivity contribution >= 4 is 0 Å². The fraction of sp³-hybridized carbons (Fsp3) is 1.00. The Morgan fingerprint density at radius 1 is 1.64 bits per heavy atom. The van der Waals surface area contributed by atoms with Crippen molar-refractivity contribution in [2.45, 2.75) is 31.9 Å². The summed E-state index contributed by atoms with van der Waals surface area (Å²) in [6.45, 7) is 5.84. The molecule has 1 unspecified atom stereocenters. The van der Waals surface area contributed by atoms with E-state index in [1.807, 2.05) is 0 Å². The van der Waals surface area contributed by atoms with Crippen LogP contribution in [-0.4, -0.2) is 36.5 Å². The highest BCUT2D eigenvalue weighted by atomic mass is 16.5. The first-order chi connectivity index (χ1) is 5.17. The maximum Gasteiger partial charge on any atom is 0.0764 e. The van der Waals surface area contributed by atoms with Gasteiger partial charge in [0.15, 0.2) is 0 Å². The molecule has 11 heavy (non-hydrogen) atoms. The van der Waals surface area contributed by atoms with Gasteiger partial charge in [0.05, 0.1) is 19.3 Å². The van der Waals surface area contributed by atoms with Gasteiger partial charge in [-0.2, -0.15) is 0 Å². The molecule has 0 aromatic carbocycles. The first-order valence-corrected chi connectivity index (χ1v) is 4.14. The van der Waals surface area contributed by atoms with Crippen LogP contribution in [0, 0.1) is 0 Å². The number of aliphatic hydroxyl groups is 1. The van der Waals surface area contributed by atoms with Crippen LogP contribution in [0.4, 0.5) is 0 Å². The largest absolute Gasteiger partial charge is 0.394 e. The lowest BCUT2D eigenvalue weighted by atomic mass is 10.0. The average Bonchev–Trinajstić information content (AvgIpc) is 2.25. The molecule has 66 valence electrons. The van der Waals surface area contributed by atoms with Crippen molar-refractivity contribution < 1.29 is 9.84 Å². The summed E-state index contributed by atoms with van der Waals surface area (Å²) >= 11 is 0. The van der Waals surface area contributed by atoms with E-state index in [9.17, 15) is 0 Å². The van der Waals surface area contributed by atoms with E-state index in [0.29, 0.717) is 6.61 Å². The molecule has 2 N–H and O–H groups in total. The summed E-state index contributed by atoms with van der Waals surface area (Å²) in [5.74, 6) is 0. The quantitative estimate of drug-likeness (QED) is 0.615. The van der Waals surface area contributed by atoms with E-state index >= 15 is 0 Å². The van der Waals surface area contributed by atoms with E-state index in [2.05, 4.69) is 19.2 Å². The van der Waals surface area contributed by atoms with Gasteiger partial charge in [0.2, 0.25) is 0 Å². The van der Waals surface area contributed by atoms with Gasteiger partial charge >= 0.3 is 0 Å². The third kappa shape index (κ3) is 2.15. The monoisotopic (exact) mass is 159 g/mol. The number of hydrogen-bond donors (Lipinski definition) is 2. The average molecular weight is 159 g/mol. The molecular formula is C8H17NO2. The minimum absolute atomic E-state index is 0.0785. The van der Waals surface area contributed by atoms with Crippen LogP contribution in [0.2, 0.25) is 0 Å². The lowest BCUT2D eigenvalue weighted by Gasteiger charge is -2.26. The summed E-state index contributed by atoms with van der Waals surface area (Å²) < 4.78 is 5.45. The molecule has 0 amide bonds. The summed E-state index contributed by atoms with van der Waals surface area (Å²) in [5.41, 5.74) is 0.0785. The normalized spacial score (nSPS) is 29.2. The van der Waals surface area contributed by atoms with Crippen LogP contribution < -0.4 is 5.32 Å². The molecule has 0 spiro atoms. The number of ether oxygens (including phenoxy) is 1. The van der Waals surface area contributed by atoms with Gasteiger partial charge in [0.1, 0.15) is 0 Å². The van der Waals surface area contributed by atoms with Crippen molar-refractivity contribution in [2.24, 2.45) is 0 Å². The van der Waals surface area contributed by atoms with Gasteiger partial charge in [0, 0.05) is 5.54 Å². The molecule has 3 nitrogen and oxygen atoms in total. The first kappa shape index (κ1) is 8.97. The topological polar surface area (TPSA) is 41.5 Å². The van der Waals surface area contributed by atoms with Crippen molar-refractivity contribution in [2.75, 3.05) is 19.8 Å². The maximum atomic E-state index is 8.55. The minimum Gasteiger partial charge on any atom is -0.394 e. The van der Waals surface area contributed by atoms with Crippen LogP contribution in [0.1, 0.15) is 20.3 Å². The van der Waals surface area contributed by atoms with Crippen molar-refractivity contribution in [1.29, 1.82) is 0 Å². The molecule has 3 heteroatoms. The summed E-state index contributed by atoms with van der Waals surface area (Å²) in [5, 5.41) is 11.9. The molecule has 1 rings (SSSR count). The lowest BCUT2D eigenvalue weighted by molar-refractivity contribution is 0.00206. The minimum atomic E-state index is 0.0785. The summed E-state index contributed by atoms with van der Waals surface area (Å²) in [6.07, 6.45) is 1.31. The van der Waals surface area contributed by atoms with Crippen LogP contribution >= 0.6 is 0 Å². The van der Waals surface area contributed by atoms with Crippen LogP contribution in [0.5, 0.6) is 0 Å². The Hall–Kier alpha value is -0.120. The van der Waals surface area contributed by atoms with E-state index in [1.165, 1.54) is 0 Å². The van der Waals surface area contributed by atoms with E-state index in [-0.39, 0.29) is 18.2 Å². The molecule has 1 atom stereocenters. The van der Waals surface area contributed by atoms with Crippen molar-refractivity contribution in [1.82, 2.24) is 5.32 Å². The molecule has 0 saturated carbocycles. The molecule has 1 aliphatic rings. The molecule has 0 radical (unpaired) electrons. The molecule has 1 saturated heterocycles. The van der Waals surface area contributed by atoms with Crippen molar-refractivity contribution in [3.05, 3.63) is 0 Å². The van der Waals surface area contributed by atoms with Gasteiger partial charge in [-0.15, -0.1) is 0 Å². The Kier molecular flexibility index (Phi) is 2.87. The van der Waals surface area contributed by atoms with Crippen LogP contribution in [0.25, 0.3) is 0 Å². The molecule has 1 fully saturated rings. The standard InChI is InChI=1S/C8H17NO2/c1-8(2)7(3-4-9-8)11-6-5-10/h7,9-10H,3-6H2,1-2H3. The van der Waals surface area contributed by atoms with E-state index in [4.69, 9.17) is 9.84 Å². The van der Waals surface area contributed by atoms with Gasteiger partial charge in [-0.3, -0.25) is 0 Å². The zero-order valence-electron chi connectivity index (χ0n) is 7.26. The second-order valence-electron chi connectivity index (χ2n) is 3.52. The molecule has 0 aliphatic carbocycles. The Bertz CT molecular complexity index is 125. The number of aliphatic hydroxyl groups excluding tert-OH is 1. The van der Waals surface area contributed by atoms with Crippen LogP contribution in [0.15, 0.2) is 0 Å². The van der Waals surface area contributed by atoms with Gasteiger partial charge in [-0.05, 0) is 26.8 Å². The highest BCUT2D eigenvalue weighted by Crippen LogP contribution is 2.21. The highest BCUT2D eigenvalue weighted by Gasteiger charge is 2.34. The predicted octanol–water partition coefficient (Wildman–Crippen LogP) is 0.136. The summed E-state index contributed by atoms with van der Waals surface area (Å²) in [6, 6.07) is 0. The molecule has 0 aromatic heterocycles. The Morgan fingerprint density at radius 3 is 2.82 bits per heavy atom. The zero-order valence-corrected chi connectivity index (χ0v) is 7.26. The van der Waals surface area contributed by atoms with Gasteiger partial charge in [-0.1, -0.05) is 0 Å². The molecular weight excluding hydrogens is 142 g/mol. The first-order valence-electron chi connectivity index (χ1n) is 4.14. The maximum absolute atomic E-state index is 8.55. The molecule has 1 aliphatic heterocycles. The number of hydrogen-bond acceptors (Lipinski definition) is 3. The van der Waals surface area contributed by atoms with E-state index in [0.717, 1.165) is 13.0 Å². The fourth-order valence-electron chi connectivity index (χ4n) is 1.49. The second kappa shape index (κ2) is 3.52. The smallest absolute Gasteiger partial charge is 0.0764 e. The van der Waals surface area contributed by atoms with E-state index < -0.39 is 0 Å². The molecule has 0 aromatic rings. The van der Waals surface area contributed by atoms with Crippen LogP contribution in [-0.2, 0) is 4.74 Å². The Morgan fingerprint density at radius 2 is 2.36 bits per heavy atom. The van der Waals surface area contributed by atoms with Gasteiger partial charge < -0.3 is 15.2 Å².